The number of rotatable bonds is 11. The van der Waals surface area contributed by atoms with Crippen LogP contribution in [-0.4, -0.2) is 33.9 Å². The molecule has 0 aliphatic heterocycles. The fourth-order valence-corrected chi connectivity index (χ4v) is 2.69. The minimum absolute atomic E-state index is 0.798. The van der Waals surface area contributed by atoms with Crippen LogP contribution in [0.5, 0.6) is 5.75 Å². The number of aryl methyl sites for hydroxylation is 1. The van der Waals surface area contributed by atoms with Crippen molar-refractivity contribution in [3.05, 3.63) is 28.2 Å². The summed E-state index contributed by atoms with van der Waals surface area (Å²) in [5.74, 6) is 0.899. The molecule has 3 nitrogen and oxygen atoms in total. The Labute approximate surface area is 131 Å². The van der Waals surface area contributed by atoms with Gasteiger partial charge >= 0.3 is 0 Å². The maximum absolute atomic E-state index is 5.24. The van der Waals surface area contributed by atoms with Gasteiger partial charge in [-0.05, 0) is 59.4 Å². The summed E-state index contributed by atoms with van der Waals surface area (Å²) in [6.45, 7) is 2.85. The van der Waals surface area contributed by atoms with Gasteiger partial charge in [0, 0.05) is 13.7 Å². The predicted molar refractivity (Wildman–Crippen MR) is 87.6 cm³/mol. The van der Waals surface area contributed by atoms with Crippen LogP contribution in [-0.2, 0) is 11.2 Å². The molecule has 0 saturated carbocycles. The molecule has 0 aromatic heterocycles. The van der Waals surface area contributed by atoms with E-state index < -0.39 is 0 Å². The van der Waals surface area contributed by atoms with E-state index in [1.807, 2.05) is 6.07 Å². The lowest BCUT2D eigenvalue weighted by molar-refractivity contribution is 0.199. The number of nitrogens with one attached hydrogen (secondary N) is 1. The summed E-state index contributed by atoms with van der Waals surface area (Å²) in [7, 11) is 3.43. The van der Waals surface area contributed by atoms with E-state index in [2.05, 4.69) is 33.4 Å². The van der Waals surface area contributed by atoms with E-state index in [9.17, 15) is 0 Å². The number of hydrogen-bond donors (Lipinski definition) is 1. The number of ether oxygens (including phenoxy) is 2. The van der Waals surface area contributed by atoms with Crippen molar-refractivity contribution in [3.8, 4) is 5.75 Å². The van der Waals surface area contributed by atoms with Crippen molar-refractivity contribution in [3.63, 3.8) is 0 Å². The first-order chi connectivity index (χ1) is 9.77. The van der Waals surface area contributed by atoms with E-state index in [-0.39, 0.29) is 0 Å². The average molecular weight is 344 g/mol. The zero-order chi connectivity index (χ0) is 14.6. The molecule has 114 valence electrons. The predicted octanol–water partition coefficient (Wildman–Crippen LogP) is 3.80. The summed E-state index contributed by atoms with van der Waals surface area (Å²) < 4.78 is 11.3. The Morgan fingerprint density at radius 3 is 2.55 bits per heavy atom. The van der Waals surface area contributed by atoms with Gasteiger partial charge in [-0.15, -0.1) is 0 Å². The van der Waals surface area contributed by atoms with Crippen LogP contribution in [0, 0.1) is 0 Å². The van der Waals surface area contributed by atoms with Crippen LogP contribution < -0.4 is 10.1 Å². The third kappa shape index (κ3) is 7.27. The second kappa shape index (κ2) is 11.1. The van der Waals surface area contributed by atoms with Gasteiger partial charge in [-0.1, -0.05) is 18.9 Å². The number of benzene rings is 1. The summed E-state index contributed by atoms with van der Waals surface area (Å²) >= 11 is 3.53. The van der Waals surface area contributed by atoms with Crippen LogP contribution in [0.2, 0.25) is 0 Å². The molecule has 4 heteroatoms. The van der Waals surface area contributed by atoms with E-state index in [0.29, 0.717) is 0 Å². The Balaban J connectivity index is 2.05. The van der Waals surface area contributed by atoms with Gasteiger partial charge in [-0.25, -0.2) is 0 Å². The molecule has 1 rings (SSSR count). The fraction of sp³-hybridized carbons (Fsp3) is 0.625. The van der Waals surface area contributed by atoms with Gasteiger partial charge in [0.15, 0.2) is 0 Å². The van der Waals surface area contributed by atoms with Crippen LogP contribution in [0.3, 0.4) is 0 Å². The third-order valence-electron chi connectivity index (χ3n) is 3.27. The summed E-state index contributed by atoms with van der Waals surface area (Å²) in [5.41, 5.74) is 1.37. The van der Waals surface area contributed by atoms with Crippen molar-refractivity contribution in [1.29, 1.82) is 0 Å². The zero-order valence-electron chi connectivity index (χ0n) is 12.6. The third-order valence-corrected chi connectivity index (χ3v) is 3.89. The highest BCUT2D eigenvalue weighted by atomic mass is 79.9. The van der Waals surface area contributed by atoms with Crippen molar-refractivity contribution in [2.24, 2.45) is 0 Å². The van der Waals surface area contributed by atoms with E-state index in [4.69, 9.17) is 9.47 Å². The number of unbranched alkanes of at least 4 members (excludes halogenated alkanes) is 3. The van der Waals surface area contributed by atoms with E-state index in [1.165, 1.54) is 31.2 Å². The van der Waals surface area contributed by atoms with Gasteiger partial charge in [0.1, 0.15) is 5.75 Å². The molecule has 0 saturated heterocycles. The molecule has 0 radical (unpaired) electrons. The molecule has 1 aromatic carbocycles. The highest BCUT2D eigenvalue weighted by Crippen LogP contribution is 2.26. The van der Waals surface area contributed by atoms with Crippen molar-refractivity contribution >= 4 is 15.9 Å². The highest BCUT2D eigenvalue weighted by molar-refractivity contribution is 9.10. The summed E-state index contributed by atoms with van der Waals surface area (Å²) in [4.78, 5) is 0. The quantitative estimate of drug-likeness (QED) is 0.620. The van der Waals surface area contributed by atoms with E-state index >= 15 is 0 Å². The van der Waals surface area contributed by atoms with Crippen LogP contribution in [0.4, 0.5) is 0 Å². The lowest BCUT2D eigenvalue weighted by Crippen LogP contribution is -2.20. The second-order valence-electron chi connectivity index (χ2n) is 4.88. The molecule has 0 bridgehead atoms. The van der Waals surface area contributed by atoms with Crippen molar-refractivity contribution in [2.45, 2.75) is 32.1 Å². The average Bonchev–Trinajstić information content (AvgIpc) is 2.46. The van der Waals surface area contributed by atoms with E-state index in [1.54, 1.807) is 14.2 Å². The maximum Gasteiger partial charge on any atom is 0.133 e. The Morgan fingerprint density at radius 1 is 1.05 bits per heavy atom. The first-order valence-electron chi connectivity index (χ1n) is 7.30. The molecule has 0 aliphatic carbocycles. The van der Waals surface area contributed by atoms with Crippen LogP contribution in [0.1, 0.15) is 31.2 Å². The molecule has 0 aliphatic rings. The standard InChI is InChI=1S/C16H26BrNO2/c1-19-12-11-18-10-6-4-3-5-7-14-8-9-16(20-2)15(17)13-14/h8-9,13,18H,3-7,10-12H2,1-2H3. The zero-order valence-corrected chi connectivity index (χ0v) is 14.2. The number of halogens is 1. The van der Waals surface area contributed by atoms with Gasteiger partial charge in [0.05, 0.1) is 18.2 Å². The molecule has 0 atom stereocenters. The number of methoxy groups -OCH3 is 2. The molecule has 0 spiro atoms. The molecule has 0 heterocycles. The lowest BCUT2D eigenvalue weighted by Gasteiger charge is -2.07. The van der Waals surface area contributed by atoms with Gasteiger partial charge in [-0.2, -0.15) is 0 Å². The molecule has 20 heavy (non-hydrogen) atoms. The Bertz CT molecular complexity index is 371. The smallest absolute Gasteiger partial charge is 0.133 e. The maximum atomic E-state index is 5.24. The largest absolute Gasteiger partial charge is 0.496 e. The van der Waals surface area contributed by atoms with Gasteiger partial charge < -0.3 is 14.8 Å². The lowest BCUT2D eigenvalue weighted by atomic mass is 10.1. The minimum atomic E-state index is 0.798. The van der Waals surface area contributed by atoms with Crippen molar-refractivity contribution in [2.75, 3.05) is 33.9 Å². The van der Waals surface area contributed by atoms with E-state index in [0.717, 1.165) is 36.3 Å². The van der Waals surface area contributed by atoms with Crippen molar-refractivity contribution in [1.82, 2.24) is 5.32 Å². The van der Waals surface area contributed by atoms with Crippen LogP contribution in [0.25, 0.3) is 0 Å². The summed E-state index contributed by atoms with van der Waals surface area (Å²) in [6, 6.07) is 6.33. The van der Waals surface area contributed by atoms with Crippen LogP contribution >= 0.6 is 15.9 Å². The summed E-state index contributed by atoms with van der Waals surface area (Å²) in [6.07, 6.45) is 6.21. The molecule has 1 aromatic rings. The Hall–Kier alpha value is -0.580. The van der Waals surface area contributed by atoms with Gasteiger partial charge in [0.25, 0.3) is 0 Å². The Morgan fingerprint density at radius 2 is 1.85 bits per heavy atom. The summed E-state index contributed by atoms with van der Waals surface area (Å²) in [5, 5.41) is 3.37. The Kier molecular flexibility index (Phi) is 9.71. The van der Waals surface area contributed by atoms with Crippen molar-refractivity contribution < 1.29 is 9.47 Å². The SMILES string of the molecule is COCCNCCCCCCc1ccc(OC)c(Br)c1. The number of hydrogen-bond acceptors (Lipinski definition) is 3. The molecule has 0 amide bonds. The normalized spacial score (nSPS) is 10.8. The van der Waals surface area contributed by atoms with Gasteiger partial charge in [-0.3, -0.25) is 0 Å². The molecule has 1 N–H and O–H groups in total. The minimum Gasteiger partial charge on any atom is -0.496 e. The molecule has 0 unspecified atom stereocenters. The molecule has 0 fully saturated rings. The second-order valence-corrected chi connectivity index (χ2v) is 5.73. The first kappa shape index (κ1) is 17.5. The van der Waals surface area contributed by atoms with Crippen LogP contribution in [0.15, 0.2) is 22.7 Å². The molecular formula is C16H26BrNO2. The fourth-order valence-electron chi connectivity index (χ4n) is 2.10. The van der Waals surface area contributed by atoms with Gasteiger partial charge in [0.2, 0.25) is 0 Å². The highest BCUT2D eigenvalue weighted by Gasteiger charge is 2.01. The topological polar surface area (TPSA) is 30.5 Å². The first-order valence-corrected chi connectivity index (χ1v) is 8.09. The molecular weight excluding hydrogens is 318 g/mol. The monoisotopic (exact) mass is 343 g/mol.